The third-order valence-electron chi connectivity index (χ3n) is 3.39. The van der Waals surface area contributed by atoms with Crippen molar-refractivity contribution in [2.45, 2.75) is 17.9 Å². The number of methoxy groups -OCH3 is 1. The maximum atomic E-state index is 12.5. The Balaban J connectivity index is 2.34. The number of benzene rings is 1. The molecule has 2 aromatic rings. The molecule has 1 unspecified atom stereocenters. The van der Waals surface area contributed by atoms with Gasteiger partial charge in [-0.15, -0.1) is 9.78 Å². The molecule has 2 N–H and O–H groups in total. The molecule has 13 heteroatoms. The first kappa shape index (κ1) is 21.1. The second kappa shape index (κ2) is 8.22. The number of rotatable bonds is 6. The third-order valence-corrected chi connectivity index (χ3v) is 4.77. The zero-order chi connectivity index (χ0) is 21.1. The van der Waals surface area contributed by atoms with Crippen molar-refractivity contribution in [2.24, 2.45) is 7.05 Å². The molecule has 0 bridgehead atoms. The predicted molar refractivity (Wildman–Crippen MR) is 93.5 cm³/mol. The molecule has 1 aromatic carbocycles. The van der Waals surface area contributed by atoms with Gasteiger partial charge in [0.1, 0.15) is 11.5 Å². The normalized spacial score (nSPS) is 12.3. The van der Waals surface area contributed by atoms with Crippen LogP contribution in [0.25, 0.3) is 0 Å². The molecule has 1 amide bonds. The molecule has 1 aromatic heterocycles. The highest BCUT2D eigenvalue weighted by Crippen LogP contribution is 2.16. The van der Waals surface area contributed by atoms with Crippen LogP contribution in [0.5, 0.6) is 6.01 Å². The molecule has 0 spiro atoms. The number of hydrogen-bond acceptors (Lipinski definition) is 9. The lowest BCUT2D eigenvalue weighted by atomic mass is 10.2. The van der Waals surface area contributed by atoms with Gasteiger partial charge in [-0.05, 0) is 19.1 Å². The average Bonchev–Trinajstić information content (AvgIpc) is 2.93. The largest absolute Gasteiger partial charge is 0.465 e. The van der Waals surface area contributed by atoms with Gasteiger partial charge in [0.15, 0.2) is 0 Å². The van der Waals surface area contributed by atoms with Crippen LogP contribution in [0.1, 0.15) is 17.3 Å². The Morgan fingerprint density at radius 2 is 1.96 bits per heavy atom. The monoisotopic (exact) mass is 414 g/mol. The SMILES string of the molecule is COC(=O)c1ccccc1S(=O)(=O)NC(=O)n1nc(OCC(C)O)n(C)c1=O. The standard InChI is InChI=1S/C15H18N4O8S/c1-9(20)8-27-14-16-19(15(23)18(14)2)13(22)17-28(24,25)11-7-5-4-6-10(11)12(21)26-3/h4-7,9,20H,8H2,1-3H3,(H,17,22). The van der Waals surface area contributed by atoms with Gasteiger partial charge in [0.25, 0.3) is 10.0 Å². The minimum atomic E-state index is -4.53. The second-order valence-corrected chi connectivity index (χ2v) is 7.25. The van der Waals surface area contributed by atoms with Gasteiger partial charge in [-0.2, -0.15) is 0 Å². The summed E-state index contributed by atoms with van der Waals surface area (Å²) in [6.45, 7) is 1.24. The number of nitrogens with one attached hydrogen (secondary N) is 1. The van der Waals surface area contributed by atoms with Crippen molar-refractivity contribution >= 4 is 22.0 Å². The number of hydrogen-bond donors (Lipinski definition) is 2. The van der Waals surface area contributed by atoms with Crippen LogP contribution < -0.4 is 15.1 Å². The predicted octanol–water partition coefficient (Wildman–Crippen LogP) is -0.925. The Kier molecular flexibility index (Phi) is 6.20. The van der Waals surface area contributed by atoms with Crippen molar-refractivity contribution in [2.75, 3.05) is 13.7 Å². The van der Waals surface area contributed by atoms with Gasteiger partial charge in [-0.1, -0.05) is 12.1 Å². The number of nitrogens with zero attached hydrogens (tertiary/aromatic N) is 3. The van der Waals surface area contributed by atoms with E-state index >= 15 is 0 Å². The molecule has 12 nitrogen and oxygen atoms in total. The first-order valence-corrected chi connectivity index (χ1v) is 9.28. The van der Waals surface area contributed by atoms with Gasteiger partial charge in [-0.3, -0.25) is 0 Å². The minimum absolute atomic E-state index is 0.198. The van der Waals surface area contributed by atoms with Gasteiger partial charge in [0.05, 0.1) is 18.8 Å². The number of carbonyl (C=O) groups excluding carboxylic acids is 2. The summed E-state index contributed by atoms with van der Waals surface area (Å²) in [5.41, 5.74) is -1.27. The van der Waals surface area contributed by atoms with E-state index in [9.17, 15) is 27.9 Å². The second-order valence-electron chi connectivity index (χ2n) is 5.59. The summed E-state index contributed by atoms with van der Waals surface area (Å²) < 4.78 is 37.4. The molecule has 2 rings (SSSR count). The van der Waals surface area contributed by atoms with Crippen molar-refractivity contribution in [1.29, 1.82) is 0 Å². The highest BCUT2D eigenvalue weighted by molar-refractivity contribution is 7.90. The molecular formula is C15H18N4O8S. The maximum absolute atomic E-state index is 12.5. The summed E-state index contributed by atoms with van der Waals surface area (Å²) in [6.07, 6.45) is -0.857. The number of aliphatic hydroxyl groups is 1. The quantitative estimate of drug-likeness (QED) is 0.570. The van der Waals surface area contributed by atoms with E-state index in [4.69, 9.17) is 4.74 Å². The van der Waals surface area contributed by atoms with Crippen molar-refractivity contribution in [3.05, 3.63) is 40.3 Å². The van der Waals surface area contributed by atoms with Crippen LogP contribution in [-0.2, 0) is 21.8 Å². The molecule has 0 saturated carbocycles. The summed E-state index contributed by atoms with van der Waals surface area (Å²) in [7, 11) is -2.21. The summed E-state index contributed by atoms with van der Waals surface area (Å²) in [4.78, 5) is 35.6. The van der Waals surface area contributed by atoms with Crippen molar-refractivity contribution in [3.8, 4) is 6.01 Å². The lowest BCUT2D eigenvalue weighted by Crippen LogP contribution is -2.40. The Morgan fingerprint density at radius 1 is 1.32 bits per heavy atom. The summed E-state index contributed by atoms with van der Waals surface area (Å²) in [5, 5.41) is 12.8. The van der Waals surface area contributed by atoms with Crippen molar-refractivity contribution in [3.63, 3.8) is 0 Å². The zero-order valence-corrected chi connectivity index (χ0v) is 16.0. The zero-order valence-electron chi connectivity index (χ0n) is 15.1. The third kappa shape index (κ3) is 4.37. The van der Waals surface area contributed by atoms with Crippen LogP contribution in [0.4, 0.5) is 4.79 Å². The van der Waals surface area contributed by atoms with E-state index in [2.05, 4.69) is 9.84 Å². The molecule has 152 valence electrons. The molecular weight excluding hydrogens is 396 g/mol. The number of aromatic nitrogens is 3. The highest BCUT2D eigenvalue weighted by Gasteiger charge is 2.27. The number of aliphatic hydroxyl groups excluding tert-OH is 1. The fourth-order valence-corrected chi connectivity index (χ4v) is 3.19. The van der Waals surface area contributed by atoms with E-state index in [-0.39, 0.29) is 22.9 Å². The summed E-state index contributed by atoms with van der Waals surface area (Å²) in [5.74, 6) is -0.919. The number of esters is 1. The van der Waals surface area contributed by atoms with E-state index in [1.807, 2.05) is 0 Å². The Morgan fingerprint density at radius 3 is 2.57 bits per heavy atom. The number of sulfonamides is 1. The maximum Gasteiger partial charge on any atom is 0.360 e. The fourth-order valence-electron chi connectivity index (χ4n) is 2.07. The number of amides is 1. The molecule has 0 aliphatic rings. The summed E-state index contributed by atoms with van der Waals surface area (Å²) in [6, 6.07) is 3.39. The number of ether oxygens (including phenoxy) is 2. The lowest BCUT2D eigenvalue weighted by molar-refractivity contribution is 0.0596. The van der Waals surface area contributed by atoms with Gasteiger partial charge >= 0.3 is 23.7 Å². The van der Waals surface area contributed by atoms with Gasteiger partial charge in [-0.25, -0.2) is 32.1 Å². The molecule has 0 aliphatic carbocycles. The minimum Gasteiger partial charge on any atom is -0.465 e. The molecule has 1 heterocycles. The topological polar surface area (TPSA) is 159 Å². The molecule has 1 atom stereocenters. The van der Waals surface area contributed by atoms with Crippen LogP contribution in [0.3, 0.4) is 0 Å². The first-order valence-electron chi connectivity index (χ1n) is 7.80. The molecule has 28 heavy (non-hydrogen) atoms. The van der Waals surface area contributed by atoms with Crippen LogP contribution in [0, 0.1) is 0 Å². The van der Waals surface area contributed by atoms with E-state index in [1.54, 1.807) is 4.72 Å². The summed E-state index contributed by atoms with van der Waals surface area (Å²) >= 11 is 0. The Hall–Kier alpha value is -3.19. The van der Waals surface area contributed by atoms with E-state index in [1.165, 1.54) is 32.2 Å². The van der Waals surface area contributed by atoms with Crippen LogP contribution in [-0.4, -0.2) is 59.7 Å². The van der Waals surface area contributed by atoms with Crippen LogP contribution >= 0.6 is 0 Å². The van der Waals surface area contributed by atoms with E-state index in [0.717, 1.165) is 17.7 Å². The lowest BCUT2D eigenvalue weighted by Gasteiger charge is -2.09. The van der Waals surface area contributed by atoms with Crippen molar-refractivity contribution in [1.82, 2.24) is 19.1 Å². The molecule has 0 aliphatic heterocycles. The van der Waals surface area contributed by atoms with Crippen molar-refractivity contribution < 1.29 is 32.6 Å². The average molecular weight is 414 g/mol. The fraction of sp³-hybridized carbons (Fsp3) is 0.333. The van der Waals surface area contributed by atoms with Crippen LogP contribution in [0.15, 0.2) is 34.0 Å². The van der Waals surface area contributed by atoms with E-state index < -0.39 is 38.7 Å². The highest BCUT2D eigenvalue weighted by atomic mass is 32.2. The molecule has 0 radical (unpaired) electrons. The smallest absolute Gasteiger partial charge is 0.360 e. The Labute approximate surface area is 159 Å². The number of carbonyl (C=O) groups is 2. The molecule has 0 saturated heterocycles. The Bertz CT molecular complexity index is 1050. The van der Waals surface area contributed by atoms with Crippen LogP contribution in [0.2, 0.25) is 0 Å². The first-order chi connectivity index (χ1) is 13.1. The van der Waals surface area contributed by atoms with Gasteiger partial charge in [0, 0.05) is 7.05 Å². The molecule has 0 fully saturated rings. The van der Waals surface area contributed by atoms with Gasteiger partial charge in [0.2, 0.25) is 0 Å². The van der Waals surface area contributed by atoms with Gasteiger partial charge < -0.3 is 14.6 Å². The van der Waals surface area contributed by atoms with E-state index in [0.29, 0.717) is 0 Å².